The zero-order chi connectivity index (χ0) is 21.2. The lowest BCUT2D eigenvalue weighted by atomic mass is 9.98. The maximum atomic E-state index is 10.8. The van der Waals surface area contributed by atoms with Crippen LogP contribution < -0.4 is 5.90 Å². The normalized spacial score (nSPS) is 45.2. The fraction of sp³-hybridized carbons (Fsp3) is 1.00. The molecule has 0 aromatic heterocycles. The van der Waals surface area contributed by atoms with Crippen LogP contribution in [0.25, 0.3) is 0 Å². The lowest BCUT2D eigenvalue weighted by Gasteiger charge is -2.45. The lowest BCUT2D eigenvalue weighted by molar-refractivity contribution is -0.378. The van der Waals surface area contributed by atoms with E-state index in [0.29, 0.717) is 0 Å². The third-order valence-electron chi connectivity index (χ3n) is 4.32. The Labute approximate surface area is 158 Å². The van der Waals surface area contributed by atoms with Gasteiger partial charge in [0.1, 0.15) is 48.8 Å². The molecule has 0 radical (unpaired) electrons. The average molecular weight is 437 g/mol. The number of hydrogen-bond donors (Lipinski definition) is 9. The minimum absolute atomic E-state index is 0.707. The molecule has 0 spiro atoms. The second-order valence-corrected chi connectivity index (χ2v) is 7.48. The van der Waals surface area contributed by atoms with Gasteiger partial charge >= 0.3 is 7.82 Å². The van der Waals surface area contributed by atoms with Gasteiger partial charge in [-0.05, 0) is 0 Å². The van der Waals surface area contributed by atoms with Crippen LogP contribution in [0.4, 0.5) is 0 Å². The number of nitrogens with two attached hydrogens (primary N) is 1. The number of hydrogen-bond acceptors (Lipinski definition) is 13. The van der Waals surface area contributed by atoms with E-state index in [1.54, 1.807) is 0 Å². The SMILES string of the molecule is NO[C@@H]1[C@@H](O)[C@@H](O[C@H]2O[C@H](COP(=O)(O)O)[C@@H](O)[C@H](O)[C@H]2O)O[C@H](CO)[C@H]1O. The Morgan fingerprint density at radius 2 is 1.43 bits per heavy atom. The standard InChI is InChI=1S/C12H24NO14P/c13-27-10-6(16)3(1-14)24-12(9(10)19)26-11-8(18)7(17)5(15)4(25-11)2-23-28(20,21)22/h3-12,14-19H,1-2,13H2,(H2,20,21,22)/t3-,4-,5-,6-,7+,8-,9-,10+,11-,12-/m1/s1. The number of aliphatic hydroxyl groups excluding tert-OH is 6. The van der Waals surface area contributed by atoms with Gasteiger partial charge in [0.25, 0.3) is 0 Å². The lowest BCUT2D eigenvalue weighted by Crippen LogP contribution is -2.64. The zero-order valence-corrected chi connectivity index (χ0v) is 15.1. The third-order valence-corrected chi connectivity index (χ3v) is 4.81. The first-order valence-electron chi connectivity index (χ1n) is 8.03. The van der Waals surface area contributed by atoms with E-state index in [4.69, 9.17) is 29.9 Å². The summed E-state index contributed by atoms with van der Waals surface area (Å²) in [6.07, 6.45) is -16.4. The Morgan fingerprint density at radius 3 is 1.96 bits per heavy atom. The summed E-state index contributed by atoms with van der Waals surface area (Å²) in [5, 5.41) is 59.1. The molecule has 0 unspecified atom stereocenters. The molecule has 10 N–H and O–H groups in total. The van der Waals surface area contributed by atoms with Crippen molar-refractivity contribution in [1.29, 1.82) is 0 Å². The molecule has 0 aromatic carbocycles. The van der Waals surface area contributed by atoms with Gasteiger partial charge in [-0.2, -0.15) is 0 Å². The number of phosphoric acid groups is 1. The molecule has 0 saturated carbocycles. The van der Waals surface area contributed by atoms with Gasteiger partial charge in [-0.15, -0.1) is 0 Å². The number of rotatable bonds is 7. The van der Waals surface area contributed by atoms with Gasteiger partial charge in [-0.25, -0.2) is 10.5 Å². The molecule has 2 aliphatic heterocycles. The highest BCUT2D eigenvalue weighted by Crippen LogP contribution is 2.37. The van der Waals surface area contributed by atoms with E-state index in [1.807, 2.05) is 0 Å². The van der Waals surface area contributed by atoms with Crippen molar-refractivity contribution in [1.82, 2.24) is 0 Å². The van der Waals surface area contributed by atoms with Crippen molar-refractivity contribution in [2.45, 2.75) is 61.4 Å². The van der Waals surface area contributed by atoms with Gasteiger partial charge in [0.05, 0.1) is 13.2 Å². The van der Waals surface area contributed by atoms with E-state index in [0.717, 1.165) is 0 Å². The average Bonchev–Trinajstić information content (AvgIpc) is 2.62. The second kappa shape index (κ2) is 9.65. The molecule has 2 heterocycles. The largest absolute Gasteiger partial charge is 0.469 e. The second-order valence-electron chi connectivity index (χ2n) is 6.24. The maximum Gasteiger partial charge on any atom is 0.469 e. The first kappa shape index (κ1) is 23.9. The summed E-state index contributed by atoms with van der Waals surface area (Å²) in [7, 11) is -4.92. The van der Waals surface area contributed by atoms with Crippen molar-refractivity contribution in [3.05, 3.63) is 0 Å². The van der Waals surface area contributed by atoms with Crippen molar-refractivity contribution >= 4 is 7.82 Å². The van der Waals surface area contributed by atoms with E-state index in [1.165, 1.54) is 0 Å². The summed E-state index contributed by atoms with van der Waals surface area (Å²) in [6.45, 7) is -1.57. The molecule has 15 nitrogen and oxygen atoms in total. The molecule has 0 aliphatic carbocycles. The van der Waals surface area contributed by atoms with Crippen LogP contribution in [0, 0.1) is 0 Å². The third kappa shape index (κ3) is 5.42. The van der Waals surface area contributed by atoms with Crippen LogP contribution in [0.5, 0.6) is 0 Å². The highest BCUT2D eigenvalue weighted by Gasteiger charge is 2.50. The molecule has 2 aliphatic rings. The van der Waals surface area contributed by atoms with Crippen molar-refractivity contribution in [2.75, 3.05) is 13.2 Å². The molecule has 2 rings (SSSR count). The predicted molar refractivity (Wildman–Crippen MR) is 82.6 cm³/mol. The monoisotopic (exact) mass is 437 g/mol. The van der Waals surface area contributed by atoms with Crippen LogP contribution in [-0.4, -0.2) is 115 Å². The predicted octanol–water partition coefficient (Wildman–Crippen LogP) is -5.38. The number of ether oxygens (including phenoxy) is 3. The van der Waals surface area contributed by atoms with Crippen molar-refractivity contribution in [3.63, 3.8) is 0 Å². The van der Waals surface area contributed by atoms with Gasteiger partial charge in [0.15, 0.2) is 12.6 Å². The Kier molecular flexibility index (Phi) is 8.25. The van der Waals surface area contributed by atoms with E-state index >= 15 is 0 Å². The smallest absolute Gasteiger partial charge is 0.394 e. The Hall–Kier alpha value is -0.330. The Morgan fingerprint density at radius 1 is 0.857 bits per heavy atom. The molecule has 166 valence electrons. The number of aliphatic hydroxyl groups is 6. The molecule has 10 atom stereocenters. The highest BCUT2D eigenvalue weighted by molar-refractivity contribution is 7.46. The Bertz CT molecular complexity index is 548. The van der Waals surface area contributed by atoms with Gasteiger partial charge in [-0.1, -0.05) is 0 Å². The van der Waals surface area contributed by atoms with Crippen LogP contribution >= 0.6 is 7.82 Å². The molecular formula is C12H24NO14P. The van der Waals surface area contributed by atoms with Crippen LogP contribution in [-0.2, 0) is 28.1 Å². The van der Waals surface area contributed by atoms with Crippen molar-refractivity contribution < 1.29 is 68.6 Å². The fourth-order valence-electron chi connectivity index (χ4n) is 2.80. The fourth-order valence-corrected chi connectivity index (χ4v) is 3.14. The van der Waals surface area contributed by atoms with E-state index in [-0.39, 0.29) is 0 Å². The molecule has 2 saturated heterocycles. The maximum absolute atomic E-state index is 10.8. The van der Waals surface area contributed by atoms with Gasteiger partial charge in [0, 0.05) is 0 Å². The molecule has 0 amide bonds. The molecule has 28 heavy (non-hydrogen) atoms. The molecule has 0 aromatic rings. The van der Waals surface area contributed by atoms with Crippen LogP contribution in [0.15, 0.2) is 0 Å². The minimum Gasteiger partial charge on any atom is -0.394 e. The van der Waals surface area contributed by atoms with Crippen LogP contribution in [0.2, 0.25) is 0 Å². The summed E-state index contributed by atoms with van der Waals surface area (Å²) in [4.78, 5) is 21.9. The number of phosphoric ester groups is 1. The molecule has 16 heteroatoms. The topological polar surface area (TPSA) is 251 Å². The molecular weight excluding hydrogens is 413 g/mol. The van der Waals surface area contributed by atoms with Gasteiger partial charge < -0.3 is 54.6 Å². The van der Waals surface area contributed by atoms with Gasteiger partial charge in [0.2, 0.25) is 0 Å². The highest BCUT2D eigenvalue weighted by atomic mass is 31.2. The van der Waals surface area contributed by atoms with Crippen LogP contribution in [0.3, 0.4) is 0 Å². The van der Waals surface area contributed by atoms with E-state index in [2.05, 4.69) is 9.36 Å². The summed E-state index contributed by atoms with van der Waals surface area (Å²) in [6, 6.07) is 0. The summed E-state index contributed by atoms with van der Waals surface area (Å²) in [5.74, 6) is 5.01. The van der Waals surface area contributed by atoms with E-state index < -0.39 is 82.4 Å². The quantitative estimate of drug-likeness (QED) is 0.133. The summed E-state index contributed by atoms with van der Waals surface area (Å²) in [5.41, 5.74) is 0. The zero-order valence-electron chi connectivity index (χ0n) is 14.2. The van der Waals surface area contributed by atoms with E-state index in [9.17, 15) is 35.2 Å². The van der Waals surface area contributed by atoms with Gasteiger partial charge in [-0.3, -0.25) is 9.36 Å². The van der Waals surface area contributed by atoms with Crippen LogP contribution in [0.1, 0.15) is 0 Å². The first-order chi connectivity index (χ1) is 13.0. The summed E-state index contributed by atoms with van der Waals surface area (Å²) < 4.78 is 30.6. The molecule has 2 fully saturated rings. The first-order valence-corrected chi connectivity index (χ1v) is 9.56. The van der Waals surface area contributed by atoms with Crippen molar-refractivity contribution in [2.24, 2.45) is 5.90 Å². The molecule has 0 bridgehead atoms. The minimum atomic E-state index is -4.92. The Balaban J connectivity index is 2.10. The summed E-state index contributed by atoms with van der Waals surface area (Å²) >= 11 is 0. The van der Waals surface area contributed by atoms with Crippen molar-refractivity contribution in [3.8, 4) is 0 Å².